The average Bonchev–Trinajstić information content (AvgIpc) is 2.63. The Bertz CT molecular complexity index is 588. The molecule has 0 amide bonds. The van der Waals surface area contributed by atoms with E-state index in [1.54, 1.807) is 7.11 Å². The number of piperidine rings is 1. The van der Waals surface area contributed by atoms with E-state index >= 15 is 0 Å². The number of likely N-dealkylation sites (N-methyl/N-ethyl adjacent to an activating group) is 1. The predicted molar refractivity (Wildman–Crippen MR) is 106 cm³/mol. The summed E-state index contributed by atoms with van der Waals surface area (Å²) in [5.41, 5.74) is 9.30. The summed E-state index contributed by atoms with van der Waals surface area (Å²) in [6, 6.07) is 4.87. The van der Waals surface area contributed by atoms with Gasteiger partial charge in [-0.3, -0.25) is 4.90 Å². The van der Waals surface area contributed by atoms with Gasteiger partial charge >= 0.3 is 0 Å². The van der Waals surface area contributed by atoms with E-state index in [1.165, 1.54) is 50.3 Å². The highest BCUT2D eigenvalue weighted by atomic mass is 16.5. The molecule has 0 aliphatic carbocycles. The summed E-state index contributed by atoms with van der Waals surface area (Å²) in [5, 5.41) is 0. The maximum Gasteiger partial charge on any atom is 0.143 e. The van der Waals surface area contributed by atoms with Crippen LogP contribution in [0.3, 0.4) is 0 Å². The number of nitrogen functional groups attached to an aromatic ring is 1. The fourth-order valence-corrected chi connectivity index (χ4v) is 4.08. The summed E-state index contributed by atoms with van der Waals surface area (Å²) in [4.78, 5) is 7.60. The molecule has 2 N–H and O–H groups in total. The van der Waals surface area contributed by atoms with Crippen molar-refractivity contribution in [2.45, 2.75) is 25.3 Å². The Morgan fingerprint density at radius 1 is 1.16 bits per heavy atom. The molecule has 2 aliphatic heterocycles. The van der Waals surface area contributed by atoms with Crippen LogP contribution in [0, 0.1) is 0 Å². The average molecular weight is 345 g/mol. The molecule has 3 rings (SSSR count). The second kappa shape index (κ2) is 8.11. The summed E-state index contributed by atoms with van der Waals surface area (Å²) in [7, 11) is 3.90. The number of allylic oxidation sites excluding steroid dienone is 1. The molecule has 0 spiro atoms. The predicted octanol–water partition coefficient (Wildman–Crippen LogP) is 2.22. The molecule has 5 heteroatoms. The molecule has 1 aromatic rings. The van der Waals surface area contributed by atoms with E-state index < -0.39 is 0 Å². The number of hydrogen-bond acceptors (Lipinski definition) is 5. The van der Waals surface area contributed by atoms with E-state index in [2.05, 4.69) is 34.4 Å². The summed E-state index contributed by atoms with van der Waals surface area (Å²) in [6.45, 7) is 10.9. The van der Waals surface area contributed by atoms with Gasteiger partial charge in [-0.1, -0.05) is 6.08 Å². The van der Waals surface area contributed by atoms with Crippen LogP contribution in [0.2, 0.25) is 0 Å². The zero-order valence-corrected chi connectivity index (χ0v) is 15.7. The Morgan fingerprint density at radius 3 is 2.44 bits per heavy atom. The molecule has 138 valence electrons. The molecule has 2 fully saturated rings. The Labute approximate surface area is 152 Å². The molecule has 0 radical (unpaired) electrons. The maximum atomic E-state index is 6.10. The second-order valence-corrected chi connectivity index (χ2v) is 7.27. The monoisotopic (exact) mass is 344 g/mol. The number of ether oxygens (including phenoxy) is 1. The van der Waals surface area contributed by atoms with Crippen LogP contribution >= 0.6 is 0 Å². The van der Waals surface area contributed by atoms with Gasteiger partial charge in [-0.05, 0) is 37.9 Å². The lowest BCUT2D eigenvalue weighted by molar-refractivity contribution is 0.0982. The first-order chi connectivity index (χ1) is 12.1. The van der Waals surface area contributed by atoms with E-state index in [-0.39, 0.29) is 0 Å². The van der Waals surface area contributed by atoms with Gasteiger partial charge in [0, 0.05) is 57.1 Å². The molecular formula is C20H32N4O. The molecule has 2 heterocycles. The number of methoxy groups -OCH3 is 1. The molecule has 0 unspecified atom stereocenters. The van der Waals surface area contributed by atoms with Crippen molar-refractivity contribution in [1.82, 2.24) is 9.80 Å². The van der Waals surface area contributed by atoms with Gasteiger partial charge in [-0.2, -0.15) is 0 Å². The first-order valence-corrected chi connectivity index (χ1v) is 9.37. The van der Waals surface area contributed by atoms with Crippen molar-refractivity contribution in [3.63, 3.8) is 0 Å². The Balaban J connectivity index is 1.68. The third kappa shape index (κ3) is 4.10. The number of piperazine rings is 1. The summed E-state index contributed by atoms with van der Waals surface area (Å²) >= 11 is 0. The molecule has 25 heavy (non-hydrogen) atoms. The van der Waals surface area contributed by atoms with Gasteiger partial charge in [0.25, 0.3) is 0 Å². The van der Waals surface area contributed by atoms with Crippen LogP contribution in [0.25, 0.3) is 0 Å². The van der Waals surface area contributed by atoms with Crippen LogP contribution in [0.5, 0.6) is 5.75 Å². The molecule has 2 saturated heterocycles. The van der Waals surface area contributed by atoms with Crippen molar-refractivity contribution < 1.29 is 4.74 Å². The van der Waals surface area contributed by atoms with E-state index in [4.69, 9.17) is 10.5 Å². The largest absolute Gasteiger partial charge is 0.495 e. The van der Waals surface area contributed by atoms with Gasteiger partial charge in [0.2, 0.25) is 0 Å². The van der Waals surface area contributed by atoms with Gasteiger partial charge in [0.1, 0.15) is 5.75 Å². The minimum absolute atomic E-state index is 0.704. The highest BCUT2D eigenvalue weighted by molar-refractivity contribution is 5.67. The second-order valence-electron chi connectivity index (χ2n) is 7.27. The Hall–Kier alpha value is -1.72. The Kier molecular flexibility index (Phi) is 5.86. The molecule has 0 atom stereocenters. The van der Waals surface area contributed by atoms with Crippen LogP contribution in [0.15, 0.2) is 24.8 Å². The Morgan fingerprint density at radius 2 is 1.84 bits per heavy atom. The van der Waals surface area contributed by atoms with Gasteiger partial charge < -0.3 is 20.3 Å². The van der Waals surface area contributed by atoms with Crippen molar-refractivity contribution >= 4 is 11.4 Å². The lowest BCUT2D eigenvalue weighted by Gasteiger charge is -2.43. The number of hydrogen-bond donors (Lipinski definition) is 1. The van der Waals surface area contributed by atoms with Crippen LogP contribution in [0.1, 0.15) is 18.4 Å². The van der Waals surface area contributed by atoms with Gasteiger partial charge in [0.15, 0.2) is 0 Å². The smallest absolute Gasteiger partial charge is 0.143 e. The molecule has 5 nitrogen and oxygen atoms in total. The standard InChI is InChI=1S/C20H32N4O/c1-4-5-16-14-18(21)20(25-3)15-19(16)24-8-6-17(7-9-24)23-12-10-22(2)11-13-23/h4,14-15,17H,1,5-13,21H2,2-3H3. The molecule has 0 saturated carbocycles. The summed E-state index contributed by atoms with van der Waals surface area (Å²) < 4.78 is 5.45. The topological polar surface area (TPSA) is 45.0 Å². The fraction of sp³-hybridized carbons (Fsp3) is 0.600. The highest BCUT2D eigenvalue weighted by Crippen LogP contribution is 2.34. The minimum atomic E-state index is 0.704. The van der Waals surface area contributed by atoms with E-state index in [0.717, 1.165) is 31.3 Å². The maximum absolute atomic E-state index is 6.10. The number of nitrogens with zero attached hydrogens (tertiary/aromatic N) is 3. The molecule has 0 bridgehead atoms. The first kappa shape index (κ1) is 18.1. The summed E-state index contributed by atoms with van der Waals surface area (Å²) in [6.07, 6.45) is 5.23. The number of nitrogens with two attached hydrogens (primary N) is 1. The zero-order valence-electron chi connectivity index (χ0n) is 15.7. The fourth-order valence-electron chi connectivity index (χ4n) is 4.08. The van der Waals surface area contributed by atoms with Crippen molar-refractivity contribution in [3.8, 4) is 5.75 Å². The summed E-state index contributed by atoms with van der Waals surface area (Å²) in [5.74, 6) is 0.768. The zero-order chi connectivity index (χ0) is 17.8. The van der Waals surface area contributed by atoms with Crippen molar-refractivity contribution in [1.29, 1.82) is 0 Å². The third-order valence-corrected chi connectivity index (χ3v) is 5.65. The van der Waals surface area contributed by atoms with Crippen LogP contribution in [-0.2, 0) is 6.42 Å². The van der Waals surface area contributed by atoms with Crippen LogP contribution in [0.4, 0.5) is 11.4 Å². The molecular weight excluding hydrogens is 312 g/mol. The quantitative estimate of drug-likeness (QED) is 0.655. The molecule has 0 aromatic heterocycles. The minimum Gasteiger partial charge on any atom is -0.495 e. The molecule has 2 aliphatic rings. The van der Waals surface area contributed by atoms with Crippen LogP contribution in [-0.4, -0.2) is 69.3 Å². The molecule has 1 aromatic carbocycles. The SMILES string of the molecule is C=CCc1cc(N)c(OC)cc1N1CCC(N2CCN(C)CC2)CC1. The first-order valence-electron chi connectivity index (χ1n) is 9.37. The number of anilines is 2. The van der Waals surface area contributed by atoms with Crippen molar-refractivity contribution in [3.05, 3.63) is 30.4 Å². The van der Waals surface area contributed by atoms with Crippen LogP contribution < -0.4 is 15.4 Å². The van der Waals surface area contributed by atoms with Gasteiger partial charge in [-0.15, -0.1) is 6.58 Å². The van der Waals surface area contributed by atoms with Crippen molar-refractivity contribution in [2.24, 2.45) is 0 Å². The third-order valence-electron chi connectivity index (χ3n) is 5.65. The van der Waals surface area contributed by atoms with Crippen molar-refractivity contribution in [2.75, 3.05) is 64.1 Å². The lowest BCUT2D eigenvalue weighted by atomic mass is 9.99. The lowest BCUT2D eigenvalue weighted by Crippen LogP contribution is -2.52. The normalized spacial score (nSPS) is 20.6. The van der Waals surface area contributed by atoms with Gasteiger partial charge in [-0.25, -0.2) is 0 Å². The van der Waals surface area contributed by atoms with E-state index in [0.29, 0.717) is 5.69 Å². The number of rotatable bonds is 5. The van der Waals surface area contributed by atoms with Gasteiger partial charge in [0.05, 0.1) is 12.8 Å². The van der Waals surface area contributed by atoms with E-state index in [9.17, 15) is 0 Å². The number of benzene rings is 1. The van der Waals surface area contributed by atoms with E-state index in [1.807, 2.05) is 12.1 Å². The highest BCUT2D eigenvalue weighted by Gasteiger charge is 2.27.